The van der Waals surface area contributed by atoms with E-state index in [-0.39, 0.29) is 5.92 Å². The first-order valence-electron chi connectivity index (χ1n) is 8.89. The number of ether oxygens (including phenoxy) is 1. The molecule has 27 heavy (non-hydrogen) atoms. The van der Waals surface area contributed by atoms with Gasteiger partial charge in [-0.15, -0.1) is 0 Å². The zero-order valence-corrected chi connectivity index (χ0v) is 15.3. The van der Waals surface area contributed by atoms with E-state index in [1.807, 2.05) is 52.7 Å². The van der Waals surface area contributed by atoms with Crippen LogP contribution in [0.3, 0.4) is 0 Å². The maximum atomic E-state index is 9.26. The largest absolute Gasteiger partial charge is 0.495 e. The van der Waals surface area contributed by atoms with Crippen LogP contribution in [0.1, 0.15) is 41.7 Å². The third kappa shape index (κ3) is 3.34. The highest BCUT2D eigenvalue weighted by Crippen LogP contribution is 2.27. The lowest BCUT2D eigenvalue weighted by Crippen LogP contribution is -2.15. The van der Waals surface area contributed by atoms with Crippen molar-refractivity contribution in [1.82, 2.24) is 24.3 Å². The zero-order valence-electron chi connectivity index (χ0n) is 15.3. The molecule has 136 valence electrons. The Bertz CT molecular complexity index is 1040. The SMILES string of the molecule is COc1cc(/C=C/c2nc3n(n2)CCCC3C#N)ccc1-n1cnc(C)c1. The number of methoxy groups -OCH3 is 1. The van der Waals surface area contributed by atoms with E-state index in [1.165, 1.54) is 0 Å². The van der Waals surface area contributed by atoms with Crippen LogP contribution in [0.5, 0.6) is 5.75 Å². The zero-order chi connectivity index (χ0) is 18.8. The van der Waals surface area contributed by atoms with E-state index >= 15 is 0 Å². The standard InChI is InChI=1S/C20H20N6O/c1-14-12-25(13-22-14)17-7-5-15(10-18(17)27-2)6-8-19-23-20-16(11-21)4-3-9-26(20)24-19/h5-8,10,12-13,16H,3-4,9H2,1-2H3/b8-6+. The summed E-state index contributed by atoms with van der Waals surface area (Å²) in [4.78, 5) is 8.79. The Balaban J connectivity index is 1.60. The molecular weight excluding hydrogens is 340 g/mol. The van der Waals surface area contributed by atoms with Crippen LogP contribution in [0.2, 0.25) is 0 Å². The van der Waals surface area contributed by atoms with E-state index in [1.54, 1.807) is 13.4 Å². The smallest absolute Gasteiger partial charge is 0.174 e. The maximum Gasteiger partial charge on any atom is 0.174 e. The van der Waals surface area contributed by atoms with Crippen molar-refractivity contribution < 1.29 is 4.74 Å². The first kappa shape index (κ1) is 17.0. The Labute approximate surface area is 157 Å². The molecule has 0 saturated heterocycles. The highest BCUT2D eigenvalue weighted by atomic mass is 16.5. The summed E-state index contributed by atoms with van der Waals surface area (Å²) in [6.45, 7) is 2.77. The summed E-state index contributed by atoms with van der Waals surface area (Å²) in [7, 11) is 1.66. The summed E-state index contributed by atoms with van der Waals surface area (Å²) in [6.07, 6.45) is 9.37. The van der Waals surface area contributed by atoms with Gasteiger partial charge in [0.05, 0.1) is 30.9 Å². The van der Waals surface area contributed by atoms with E-state index in [0.717, 1.165) is 47.9 Å². The van der Waals surface area contributed by atoms with Gasteiger partial charge in [-0.25, -0.2) is 14.6 Å². The topological polar surface area (TPSA) is 81.5 Å². The number of aryl methyl sites for hydroxylation is 2. The summed E-state index contributed by atoms with van der Waals surface area (Å²) >= 11 is 0. The maximum absolute atomic E-state index is 9.26. The van der Waals surface area contributed by atoms with Gasteiger partial charge in [-0.3, -0.25) is 0 Å². The van der Waals surface area contributed by atoms with E-state index in [9.17, 15) is 5.26 Å². The minimum Gasteiger partial charge on any atom is -0.495 e. The number of hydrogen-bond acceptors (Lipinski definition) is 5. The fourth-order valence-corrected chi connectivity index (χ4v) is 3.30. The van der Waals surface area contributed by atoms with Gasteiger partial charge in [0.2, 0.25) is 0 Å². The molecule has 3 heterocycles. The number of benzene rings is 1. The predicted octanol–water partition coefficient (Wildman–Crippen LogP) is 3.35. The number of rotatable bonds is 4. The Morgan fingerprint density at radius 2 is 2.22 bits per heavy atom. The van der Waals surface area contributed by atoms with E-state index < -0.39 is 0 Å². The summed E-state index contributed by atoms with van der Waals surface area (Å²) in [5.74, 6) is 2.00. The van der Waals surface area contributed by atoms with Crippen LogP contribution in [-0.4, -0.2) is 31.4 Å². The van der Waals surface area contributed by atoms with Crippen LogP contribution in [0.25, 0.3) is 17.8 Å². The van der Waals surface area contributed by atoms with Gasteiger partial charge in [0.25, 0.3) is 0 Å². The number of aromatic nitrogens is 5. The lowest BCUT2D eigenvalue weighted by molar-refractivity contribution is 0.413. The van der Waals surface area contributed by atoms with Crippen LogP contribution in [0.15, 0.2) is 30.7 Å². The molecule has 0 saturated carbocycles. The van der Waals surface area contributed by atoms with E-state index in [2.05, 4.69) is 21.1 Å². The number of imidazole rings is 1. The van der Waals surface area contributed by atoms with Crippen molar-refractivity contribution >= 4 is 12.2 Å². The van der Waals surface area contributed by atoms with Crippen LogP contribution in [-0.2, 0) is 6.54 Å². The fraction of sp³-hybridized carbons (Fsp3) is 0.300. The van der Waals surface area contributed by atoms with Crippen LogP contribution < -0.4 is 4.74 Å². The molecule has 1 aliphatic rings. The van der Waals surface area contributed by atoms with Crippen molar-refractivity contribution in [2.75, 3.05) is 7.11 Å². The molecule has 1 unspecified atom stereocenters. The minimum atomic E-state index is -0.161. The third-order valence-electron chi connectivity index (χ3n) is 4.67. The third-order valence-corrected chi connectivity index (χ3v) is 4.67. The normalized spacial score (nSPS) is 16.3. The Morgan fingerprint density at radius 1 is 1.33 bits per heavy atom. The van der Waals surface area contributed by atoms with Crippen molar-refractivity contribution in [3.05, 3.63) is 53.6 Å². The molecule has 7 nitrogen and oxygen atoms in total. The first-order chi connectivity index (χ1) is 13.2. The summed E-state index contributed by atoms with van der Waals surface area (Å²) in [6, 6.07) is 8.29. The molecule has 4 rings (SSSR count). The molecule has 1 aromatic carbocycles. The van der Waals surface area contributed by atoms with E-state index in [4.69, 9.17) is 4.74 Å². The van der Waals surface area contributed by atoms with E-state index in [0.29, 0.717) is 5.82 Å². The summed E-state index contributed by atoms with van der Waals surface area (Å²) in [5, 5.41) is 13.8. The fourth-order valence-electron chi connectivity index (χ4n) is 3.30. The predicted molar refractivity (Wildman–Crippen MR) is 101 cm³/mol. The molecule has 0 amide bonds. The Kier molecular flexibility index (Phi) is 4.47. The number of hydrogen-bond donors (Lipinski definition) is 0. The second-order valence-electron chi connectivity index (χ2n) is 6.56. The summed E-state index contributed by atoms with van der Waals surface area (Å²) in [5.41, 5.74) is 2.87. The van der Waals surface area contributed by atoms with Crippen molar-refractivity contribution in [3.63, 3.8) is 0 Å². The van der Waals surface area contributed by atoms with Crippen LogP contribution in [0.4, 0.5) is 0 Å². The Hall–Kier alpha value is -3.40. The molecule has 0 spiro atoms. The second-order valence-corrected chi connectivity index (χ2v) is 6.56. The molecule has 3 aromatic rings. The molecule has 0 N–H and O–H groups in total. The van der Waals surface area contributed by atoms with Crippen molar-refractivity contribution in [2.45, 2.75) is 32.2 Å². The van der Waals surface area contributed by atoms with Gasteiger partial charge in [0.1, 0.15) is 17.5 Å². The first-order valence-corrected chi connectivity index (χ1v) is 8.89. The molecule has 1 atom stereocenters. The molecular formula is C20H20N6O. The minimum absolute atomic E-state index is 0.161. The van der Waals surface area contributed by atoms with Gasteiger partial charge >= 0.3 is 0 Å². The van der Waals surface area contributed by atoms with Crippen molar-refractivity contribution in [3.8, 4) is 17.5 Å². The van der Waals surface area contributed by atoms with Gasteiger partial charge in [-0.05, 0) is 43.5 Å². The van der Waals surface area contributed by atoms with Crippen LogP contribution >= 0.6 is 0 Å². The average molecular weight is 360 g/mol. The molecule has 2 aromatic heterocycles. The van der Waals surface area contributed by atoms with Crippen molar-refractivity contribution in [2.24, 2.45) is 0 Å². The van der Waals surface area contributed by atoms with Gasteiger partial charge < -0.3 is 9.30 Å². The molecule has 0 fully saturated rings. The lowest BCUT2D eigenvalue weighted by Gasteiger charge is -2.15. The molecule has 0 bridgehead atoms. The lowest BCUT2D eigenvalue weighted by atomic mass is 10.0. The van der Waals surface area contributed by atoms with Gasteiger partial charge in [0.15, 0.2) is 5.82 Å². The molecule has 7 heteroatoms. The quantitative estimate of drug-likeness (QED) is 0.713. The number of nitriles is 1. The van der Waals surface area contributed by atoms with Crippen LogP contribution in [0, 0.1) is 18.3 Å². The molecule has 0 aliphatic carbocycles. The van der Waals surface area contributed by atoms with Gasteiger partial charge in [0, 0.05) is 12.7 Å². The summed E-state index contributed by atoms with van der Waals surface area (Å²) < 4.78 is 9.33. The average Bonchev–Trinajstić information content (AvgIpc) is 3.31. The van der Waals surface area contributed by atoms with Gasteiger partial charge in [-0.2, -0.15) is 10.4 Å². The molecule has 0 radical (unpaired) electrons. The highest BCUT2D eigenvalue weighted by molar-refractivity contribution is 5.69. The molecule has 1 aliphatic heterocycles. The second kappa shape index (κ2) is 7.08. The number of fused-ring (bicyclic) bond motifs is 1. The van der Waals surface area contributed by atoms with Crippen molar-refractivity contribution in [1.29, 1.82) is 5.26 Å². The monoisotopic (exact) mass is 360 g/mol. The Morgan fingerprint density at radius 3 is 2.96 bits per heavy atom. The highest BCUT2D eigenvalue weighted by Gasteiger charge is 2.23. The van der Waals surface area contributed by atoms with Gasteiger partial charge in [-0.1, -0.05) is 12.1 Å². The number of nitrogens with zero attached hydrogens (tertiary/aromatic N) is 6.